The number of benzene rings is 2. The first-order valence-electron chi connectivity index (χ1n) is 10.2. The van der Waals surface area contributed by atoms with Gasteiger partial charge in [0.05, 0.1) is 4.91 Å². The fourth-order valence-corrected chi connectivity index (χ4v) is 4.24. The van der Waals surface area contributed by atoms with Gasteiger partial charge in [0, 0.05) is 23.4 Å². The number of hydrogen-bond donors (Lipinski definition) is 1. The van der Waals surface area contributed by atoms with E-state index in [1.54, 1.807) is 30.3 Å². The molecule has 2 aromatic carbocycles. The van der Waals surface area contributed by atoms with Gasteiger partial charge >= 0.3 is 0 Å². The molecule has 5 rings (SSSR count). The van der Waals surface area contributed by atoms with Crippen molar-refractivity contribution in [3.8, 4) is 22.8 Å². The van der Waals surface area contributed by atoms with E-state index in [1.807, 2.05) is 30.3 Å². The summed E-state index contributed by atoms with van der Waals surface area (Å²) in [5.74, 6) is 1.18. The van der Waals surface area contributed by atoms with Gasteiger partial charge in [0.1, 0.15) is 31.3 Å². The monoisotopic (exact) mass is 462 g/mol. The van der Waals surface area contributed by atoms with Gasteiger partial charge in [-0.2, -0.15) is 0 Å². The Balaban J connectivity index is 1.25. The highest BCUT2D eigenvalue weighted by atomic mass is 32.2. The average Bonchev–Trinajstić information content (AvgIpc) is 3.40. The second-order valence-electron chi connectivity index (χ2n) is 7.24. The predicted octanol–water partition coefficient (Wildman–Crippen LogP) is 4.39. The van der Waals surface area contributed by atoms with Gasteiger partial charge in [-0.05, 0) is 36.0 Å². The molecule has 3 amide bonds. The number of carbonyl (C=O) groups is 3. The van der Waals surface area contributed by atoms with Gasteiger partial charge in [0.25, 0.3) is 11.1 Å². The van der Waals surface area contributed by atoms with E-state index in [4.69, 9.17) is 13.9 Å². The number of nitrogens with zero attached hydrogens (tertiary/aromatic N) is 1. The fourth-order valence-electron chi connectivity index (χ4n) is 3.42. The SMILES string of the molecule is O=C(CN1C(=O)S/C(=C\c2ccc(-c3ccccc3)o2)C1=O)Nc1ccc2c(c1)OCCO2. The van der Waals surface area contributed by atoms with Crippen molar-refractivity contribution in [3.05, 3.63) is 71.3 Å². The van der Waals surface area contributed by atoms with E-state index in [-0.39, 0.29) is 4.91 Å². The van der Waals surface area contributed by atoms with Crippen LogP contribution in [0.15, 0.2) is 70.0 Å². The van der Waals surface area contributed by atoms with Gasteiger partial charge < -0.3 is 19.2 Å². The van der Waals surface area contributed by atoms with Crippen molar-refractivity contribution in [2.45, 2.75) is 0 Å². The summed E-state index contributed by atoms with van der Waals surface area (Å²) < 4.78 is 16.7. The van der Waals surface area contributed by atoms with Crippen LogP contribution in [0.3, 0.4) is 0 Å². The van der Waals surface area contributed by atoms with E-state index in [1.165, 1.54) is 6.08 Å². The minimum atomic E-state index is -0.542. The van der Waals surface area contributed by atoms with E-state index in [9.17, 15) is 14.4 Å². The van der Waals surface area contributed by atoms with E-state index >= 15 is 0 Å². The van der Waals surface area contributed by atoms with Gasteiger partial charge in [0.2, 0.25) is 5.91 Å². The number of hydrogen-bond acceptors (Lipinski definition) is 7. The Morgan fingerprint density at radius 3 is 2.61 bits per heavy atom. The third kappa shape index (κ3) is 4.49. The van der Waals surface area contributed by atoms with E-state index in [0.717, 1.165) is 22.2 Å². The molecule has 8 nitrogen and oxygen atoms in total. The van der Waals surface area contributed by atoms with Crippen molar-refractivity contribution in [2.75, 3.05) is 25.1 Å². The van der Waals surface area contributed by atoms with Crippen LogP contribution in [-0.2, 0) is 9.59 Å². The lowest BCUT2D eigenvalue weighted by atomic mass is 10.2. The smallest absolute Gasteiger partial charge is 0.294 e. The largest absolute Gasteiger partial charge is 0.486 e. The number of carbonyl (C=O) groups excluding carboxylic acids is 3. The highest BCUT2D eigenvalue weighted by molar-refractivity contribution is 8.18. The van der Waals surface area contributed by atoms with Gasteiger partial charge in [-0.25, -0.2) is 0 Å². The summed E-state index contributed by atoms with van der Waals surface area (Å²) in [5, 5.41) is 2.16. The van der Waals surface area contributed by atoms with Gasteiger partial charge in [0.15, 0.2) is 11.5 Å². The average molecular weight is 462 g/mol. The summed E-state index contributed by atoms with van der Waals surface area (Å²) in [6.45, 7) is 0.497. The van der Waals surface area contributed by atoms with E-state index in [2.05, 4.69) is 5.32 Å². The summed E-state index contributed by atoms with van der Waals surface area (Å²) in [6.07, 6.45) is 1.51. The standard InChI is InChI=1S/C24H18N2O6S/c27-22(25-16-6-8-19-20(12-16)31-11-10-30-19)14-26-23(28)21(33-24(26)29)13-17-7-9-18(32-17)15-4-2-1-3-5-15/h1-9,12-13H,10-11,14H2,(H,25,27)/b21-13-. The summed E-state index contributed by atoms with van der Waals surface area (Å²) in [4.78, 5) is 38.7. The second kappa shape index (κ2) is 8.87. The third-order valence-corrected chi connectivity index (χ3v) is 5.87. The summed E-state index contributed by atoms with van der Waals surface area (Å²) in [7, 11) is 0. The van der Waals surface area contributed by atoms with Crippen LogP contribution in [0.5, 0.6) is 11.5 Å². The zero-order chi connectivity index (χ0) is 22.8. The van der Waals surface area contributed by atoms with Crippen molar-refractivity contribution >= 4 is 40.6 Å². The van der Waals surface area contributed by atoms with Crippen LogP contribution in [0.4, 0.5) is 10.5 Å². The molecule has 0 bridgehead atoms. The Morgan fingerprint density at radius 2 is 1.79 bits per heavy atom. The van der Waals surface area contributed by atoms with Crippen molar-refractivity contribution in [1.82, 2.24) is 4.90 Å². The van der Waals surface area contributed by atoms with E-state index in [0.29, 0.717) is 41.9 Å². The third-order valence-electron chi connectivity index (χ3n) is 4.96. The number of ether oxygens (including phenoxy) is 2. The van der Waals surface area contributed by atoms with Crippen molar-refractivity contribution in [1.29, 1.82) is 0 Å². The molecule has 2 aliphatic rings. The lowest BCUT2D eigenvalue weighted by molar-refractivity contribution is -0.127. The Kier molecular flexibility index (Phi) is 5.62. The topological polar surface area (TPSA) is 98.1 Å². The summed E-state index contributed by atoms with van der Waals surface area (Å²) in [5.41, 5.74) is 1.39. The molecule has 0 radical (unpaired) electrons. The van der Waals surface area contributed by atoms with Crippen LogP contribution >= 0.6 is 11.8 Å². The maximum absolute atomic E-state index is 12.7. The highest BCUT2D eigenvalue weighted by Crippen LogP contribution is 2.34. The Labute approximate surface area is 193 Å². The molecule has 0 atom stereocenters. The number of nitrogens with one attached hydrogen (secondary N) is 1. The summed E-state index contributed by atoms with van der Waals surface area (Å²) >= 11 is 0.771. The number of furan rings is 1. The molecule has 166 valence electrons. The van der Waals surface area contributed by atoms with Crippen LogP contribution in [0.2, 0.25) is 0 Å². The maximum atomic E-state index is 12.7. The quantitative estimate of drug-likeness (QED) is 0.562. The number of amides is 3. The van der Waals surface area contributed by atoms with Crippen LogP contribution in [0.1, 0.15) is 5.76 Å². The zero-order valence-electron chi connectivity index (χ0n) is 17.3. The number of fused-ring (bicyclic) bond motifs is 1. The second-order valence-corrected chi connectivity index (χ2v) is 8.24. The molecule has 1 fully saturated rings. The molecule has 3 heterocycles. The van der Waals surface area contributed by atoms with Crippen molar-refractivity contribution in [2.24, 2.45) is 0 Å². The van der Waals surface area contributed by atoms with Crippen LogP contribution in [0, 0.1) is 0 Å². The molecule has 3 aromatic rings. The number of thioether (sulfide) groups is 1. The fraction of sp³-hybridized carbons (Fsp3) is 0.125. The minimum absolute atomic E-state index is 0.195. The van der Waals surface area contributed by atoms with Crippen LogP contribution in [-0.4, -0.2) is 41.7 Å². The Morgan fingerprint density at radius 1 is 1.00 bits per heavy atom. The molecule has 9 heteroatoms. The van der Waals surface area contributed by atoms with Gasteiger partial charge in [-0.15, -0.1) is 0 Å². The Bertz CT molecular complexity index is 1270. The Hall–Kier alpha value is -3.98. The molecular formula is C24H18N2O6S. The zero-order valence-corrected chi connectivity index (χ0v) is 18.1. The molecule has 1 aromatic heterocycles. The minimum Gasteiger partial charge on any atom is -0.486 e. The van der Waals surface area contributed by atoms with Crippen LogP contribution in [0.25, 0.3) is 17.4 Å². The predicted molar refractivity (Wildman–Crippen MR) is 123 cm³/mol. The number of imide groups is 1. The number of anilines is 1. The normalized spacial score (nSPS) is 16.4. The number of rotatable bonds is 5. The first kappa shape index (κ1) is 20.9. The lowest BCUT2D eigenvalue weighted by Gasteiger charge is -2.19. The first-order valence-corrected chi connectivity index (χ1v) is 11.0. The van der Waals surface area contributed by atoms with E-state index < -0.39 is 23.6 Å². The summed E-state index contributed by atoms with van der Waals surface area (Å²) in [6, 6.07) is 18.1. The maximum Gasteiger partial charge on any atom is 0.294 e. The first-order chi connectivity index (χ1) is 16.1. The van der Waals surface area contributed by atoms with Gasteiger partial charge in [-0.1, -0.05) is 30.3 Å². The van der Waals surface area contributed by atoms with Crippen molar-refractivity contribution < 1.29 is 28.3 Å². The molecule has 0 unspecified atom stereocenters. The molecule has 1 saturated heterocycles. The molecule has 33 heavy (non-hydrogen) atoms. The van der Waals surface area contributed by atoms with Crippen molar-refractivity contribution in [3.63, 3.8) is 0 Å². The molecule has 0 saturated carbocycles. The highest BCUT2D eigenvalue weighted by Gasteiger charge is 2.36. The molecule has 0 aliphatic carbocycles. The molecular weight excluding hydrogens is 444 g/mol. The van der Waals surface area contributed by atoms with Gasteiger partial charge in [-0.3, -0.25) is 19.3 Å². The lowest BCUT2D eigenvalue weighted by Crippen LogP contribution is -2.36. The van der Waals surface area contributed by atoms with Crippen LogP contribution < -0.4 is 14.8 Å². The molecule has 1 N–H and O–H groups in total. The molecule has 2 aliphatic heterocycles. The molecule has 0 spiro atoms.